The van der Waals surface area contributed by atoms with E-state index in [1.54, 1.807) is 150 Å². The van der Waals surface area contributed by atoms with Crippen LogP contribution in [-0.2, 0) is 28.3 Å². The van der Waals surface area contributed by atoms with Gasteiger partial charge in [0.1, 0.15) is 32.4 Å². The molecule has 0 unspecified atom stereocenters. The van der Waals surface area contributed by atoms with Gasteiger partial charge < -0.3 is 28.3 Å². The summed E-state index contributed by atoms with van der Waals surface area (Å²) >= 11 is 5.99. The second-order valence-corrected chi connectivity index (χ2v) is 28.5. The lowest BCUT2D eigenvalue weighted by Gasteiger charge is -2.32. The number of fused-ring (bicyclic) bond motifs is 2. The van der Waals surface area contributed by atoms with E-state index in [0.29, 0.717) is 53.5 Å². The van der Waals surface area contributed by atoms with Gasteiger partial charge in [0.25, 0.3) is 0 Å². The van der Waals surface area contributed by atoms with Crippen molar-refractivity contribution in [2.45, 2.75) is 144 Å². The molecule has 0 bridgehead atoms. The Morgan fingerprint density at radius 1 is 0.522 bits per heavy atom. The van der Waals surface area contributed by atoms with Crippen LogP contribution < -0.4 is 15.3 Å². The molecule has 2 amide bonds. The van der Waals surface area contributed by atoms with Gasteiger partial charge in [-0.15, -0.1) is 20.4 Å². The Labute approximate surface area is 536 Å². The number of benzene rings is 4. The number of hydrogen-bond acceptors (Lipinski definition) is 20. The lowest BCUT2D eigenvalue weighted by molar-refractivity contribution is 0.00578. The van der Waals surface area contributed by atoms with Crippen molar-refractivity contribution in [1.29, 1.82) is 0 Å². The molecule has 0 spiro atoms. The number of H-pyrrole nitrogens is 2. The molecule has 6 aromatic heterocycles. The maximum absolute atomic E-state index is 13.5. The molecule has 0 atom stereocenters. The molecule has 10 aromatic rings. The monoisotopic (exact) mass is 1320 g/mol. The third-order valence-electron chi connectivity index (χ3n) is 13.2. The second-order valence-electron chi connectivity index (χ2n) is 25.7. The Balaban J connectivity index is 0.000000176. The molecule has 0 saturated carbocycles. The van der Waals surface area contributed by atoms with E-state index in [1.165, 1.54) is 41.8 Å². The average Bonchev–Trinajstić information content (AvgIpc) is 1.62. The van der Waals surface area contributed by atoms with Crippen molar-refractivity contribution in [3.05, 3.63) is 127 Å². The third kappa shape index (κ3) is 16.0. The van der Waals surface area contributed by atoms with Crippen LogP contribution in [0.25, 0.3) is 54.1 Å². The zero-order chi connectivity index (χ0) is 65.3. The molecule has 1 aliphatic heterocycles. The maximum atomic E-state index is 13.5. The Bertz CT molecular complexity index is 4180. The van der Waals surface area contributed by atoms with Gasteiger partial charge in [-0.2, -0.15) is 29.8 Å². The van der Waals surface area contributed by atoms with Gasteiger partial charge in [-0.05, 0) is 171 Å². The normalized spacial score (nSPS) is 13.9. The number of nitrogens with zero attached hydrogens (tertiary/aromatic N) is 12. The highest BCUT2D eigenvalue weighted by Gasteiger charge is 2.52. The highest BCUT2D eigenvalue weighted by atomic mass is 79.9. The van der Waals surface area contributed by atoms with E-state index in [-0.39, 0.29) is 18.3 Å². The number of ether oxygens (including phenoxy) is 4. The molecule has 1 aliphatic rings. The summed E-state index contributed by atoms with van der Waals surface area (Å²) in [6, 6.07) is 25.8. The molecule has 24 nitrogen and oxygen atoms in total. The van der Waals surface area contributed by atoms with Crippen LogP contribution in [0.2, 0.25) is 0 Å². The predicted molar refractivity (Wildman–Crippen MR) is 350 cm³/mol. The number of halogens is 1. The number of aromatic amines is 2. The van der Waals surface area contributed by atoms with Crippen LogP contribution in [0.15, 0.2) is 127 Å². The summed E-state index contributed by atoms with van der Waals surface area (Å²) in [7, 11) is -0.307. The van der Waals surface area contributed by atoms with Crippen molar-refractivity contribution in [2.24, 2.45) is 0 Å². The van der Waals surface area contributed by atoms with Gasteiger partial charge in [-0.1, -0.05) is 68.9 Å². The van der Waals surface area contributed by atoms with Gasteiger partial charge >= 0.3 is 31.5 Å². The summed E-state index contributed by atoms with van der Waals surface area (Å²) < 4.78 is 37.3. The van der Waals surface area contributed by atoms with Crippen LogP contribution >= 0.6 is 38.6 Å². The third-order valence-corrected chi connectivity index (χ3v) is 15.6. The van der Waals surface area contributed by atoms with Crippen LogP contribution in [0.3, 0.4) is 0 Å². The Morgan fingerprint density at radius 3 is 1.38 bits per heavy atom. The standard InChI is InChI=1S/C28H29N7O4S.C25H26BrN5O4S.C9H15BN2O2/c1-27(2,3)38-25(36)34(21-10-11-22-19(13-21)16-31-35(22)26(37)39-28(4,5)6)24-33-32-23(40-24)18-9-7-8-17(12-18)20-14-29-30-15-20;1-24(2,3)34-22(32)30(21-29-28-20(36-21)15-8-7-9-17(26)12-15)18-10-11-19-16(13-18)14-27-31(19)23(33)35-25(4,5)6;1-8(2)9(3,4)14-10(13-8)7-5-11-12-6-7/h7-16H,1-6H3,(H,29,30);7-14H,1-6H3;5-6H,1-4H3,(H,11,12). The fourth-order valence-corrected chi connectivity index (χ4v) is 10.6. The number of aromatic nitrogens is 12. The molecule has 0 radical (unpaired) electrons. The number of hydrogen-bond donors (Lipinski definition) is 2. The number of carbonyl (C=O) groups is 4. The zero-order valence-electron chi connectivity index (χ0n) is 52.8. The van der Waals surface area contributed by atoms with Crippen LogP contribution in [0.5, 0.6) is 0 Å². The molecule has 4 aromatic carbocycles. The van der Waals surface area contributed by atoms with Crippen LogP contribution in [0, 0.1) is 0 Å². The Morgan fingerprint density at radius 2 is 0.956 bits per heavy atom. The zero-order valence-corrected chi connectivity index (χ0v) is 56.0. The minimum Gasteiger partial charge on any atom is -0.443 e. The lowest BCUT2D eigenvalue weighted by atomic mass is 9.82. The van der Waals surface area contributed by atoms with Gasteiger partial charge in [0, 0.05) is 56.0 Å². The van der Waals surface area contributed by atoms with E-state index in [1.807, 2.05) is 82.4 Å². The Kier molecular flexibility index (Phi) is 18.7. The van der Waals surface area contributed by atoms with Crippen LogP contribution in [-0.4, -0.2) is 125 Å². The van der Waals surface area contributed by atoms with E-state index < -0.39 is 46.8 Å². The number of nitrogens with one attached hydrogen (secondary N) is 2. The molecule has 1 fully saturated rings. The summed E-state index contributed by atoms with van der Waals surface area (Å²) in [6.07, 6.45) is 7.78. The first kappa shape index (κ1) is 65.7. The number of carbonyl (C=O) groups excluding carboxylic acids is 4. The van der Waals surface area contributed by atoms with Gasteiger partial charge in [-0.3, -0.25) is 10.2 Å². The number of amides is 2. The van der Waals surface area contributed by atoms with Gasteiger partial charge in [-0.25, -0.2) is 29.0 Å². The summed E-state index contributed by atoms with van der Waals surface area (Å²) in [4.78, 5) is 54.7. The van der Waals surface area contributed by atoms with Gasteiger partial charge in [0.05, 0.1) is 52.2 Å². The quantitative estimate of drug-likeness (QED) is 0.106. The fraction of sp³-hybridized carbons (Fsp3) is 0.355. The van der Waals surface area contributed by atoms with Crippen molar-refractivity contribution in [2.75, 3.05) is 9.80 Å². The predicted octanol–water partition coefficient (Wildman–Crippen LogP) is 14.7. The highest BCUT2D eigenvalue weighted by molar-refractivity contribution is 9.10. The summed E-state index contributed by atoms with van der Waals surface area (Å²) in [5.41, 5.74) is 3.27. The van der Waals surface area contributed by atoms with E-state index in [9.17, 15) is 19.2 Å². The molecule has 0 aliphatic carbocycles. The van der Waals surface area contributed by atoms with Crippen molar-refractivity contribution in [1.82, 2.24) is 60.4 Å². The van der Waals surface area contributed by atoms with Crippen molar-refractivity contribution in [3.63, 3.8) is 0 Å². The second kappa shape index (κ2) is 25.7. The van der Waals surface area contributed by atoms with Gasteiger partial charge in [0.15, 0.2) is 0 Å². The minimum atomic E-state index is -0.743. The van der Waals surface area contributed by atoms with E-state index in [2.05, 4.69) is 66.9 Å². The molecular formula is C62H70BBrN14O10S2. The first-order valence-electron chi connectivity index (χ1n) is 28.5. The van der Waals surface area contributed by atoms with E-state index >= 15 is 0 Å². The summed E-state index contributed by atoms with van der Waals surface area (Å²) in [5.74, 6) is 0. The summed E-state index contributed by atoms with van der Waals surface area (Å²) in [5, 5.41) is 42.4. The molecule has 7 heterocycles. The largest absolute Gasteiger partial charge is 0.498 e. The fourth-order valence-electron chi connectivity index (χ4n) is 8.50. The van der Waals surface area contributed by atoms with Crippen molar-refractivity contribution >= 4 is 119 Å². The summed E-state index contributed by atoms with van der Waals surface area (Å²) in [6.45, 7) is 29.6. The molecule has 11 rings (SSSR count). The molecular weight excluding hydrogens is 1260 g/mol. The maximum Gasteiger partial charge on any atom is 0.498 e. The highest BCUT2D eigenvalue weighted by Crippen LogP contribution is 2.40. The molecule has 1 saturated heterocycles. The van der Waals surface area contributed by atoms with Crippen molar-refractivity contribution in [3.8, 4) is 32.3 Å². The number of rotatable bonds is 8. The van der Waals surface area contributed by atoms with Crippen LogP contribution in [0.1, 0.15) is 111 Å². The lowest BCUT2D eigenvalue weighted by Crippen LogP contribution is -2.41. The molecule has 28 heteroatoms. The molecule has 470 valence electrons. The average molecular weight is 1330 g/mol. The molecule has 2 N–H and O–H groups in total. The first-order chi connectivity index (χ1) is 42.1. The first-order valence-corrected chi connectivity index (χ1v) is 30.9. The molecule has 90 heavy (non-hydrogen) atoms. The topological polar surface area (TPSA) is 275 Å². The van der Waals surface area contributed by atoms with Gasteiger partial charge in [0.2, 0.25) is 10.3 Å². The minimum absolute atomic E-state index is 0.283. The van der Waals surface area contributed by atoms with E-state index in [0.717, 1.165) is 32.2 Å². The van der Waals surface area contributed by atoms with Crippen molar-refractivity contribution < 1.29 is 47.4 Å². The smallest absolute Gasteiger partial charge is 0.443 e. The SMILES string of the molecule is CC(C)(C)OC(=O)N(c1ccc2c(cnn2C(=O)OC(C)(C)C)c1)c1nnc(-c2cccc(-c3cn[nH]c3)c2)s1.CC(C)(C)OC(=O)N(c1ccc2c(cnn2C(=O)OC(C)(C)C)c1)c1nnc(-c2cccc(Br)c2)s1.CC1(C)OB(c2cn[nH]c2)OC1(C)C. The van der Waals surface area contributed by atoms with Crippen LogP contribution in [0.4, 0.5) is 40.8 Å². The van der Waals surface area contributed by atoms with E-state index in [4.69, 9.17) is 28.3 Å². The Hall–Kier alpha value is -8.70. The number of anilines is 4.